The first-order valence-corrected chi connectivity index (χ1v) is 9.98. The Morgan fingerprint density at radius 2 is 1.86 bits per heavy atom. The van der Waals surface area contributed by atoms with Gasteiger partial charge in [-0.25, -0.2) is 9.98 Å². The van der Waals surface area contributed by atoms with Crippen LogP contribution in [0.3, 0.4) is 0 Å². The highest BCUT2D eigenvalue weighted by Gasteiger charge is 2.07. The van der Waals surface area contributed by atoms with Gasteiger partial charge in [0.1, 0.15) is 0 Å². The van der Waals surface area contributed by atoms with Crippen LogP contribution in [0.2, 0.25) is 0 Å². The van der Waals surface area contributed by atoms with Crippen molar-refractivity contribution in [3.63, 3.8) is 0 Å². The second-order valence-corrected chi connectivity index (χ2v) is 7.80. The van der Waals surface area contributed by atoms with Gasteiger partial charge >= 0.3 is 0 Å². The monoisotopic (exact) mass is 515 g/mol. The number of hydrogen-bond donors (Lipinski definition) is 2. The quantitative estimate of drug-likeness (QED) is 0.337. The number of nitrogens with zero attached hydrogens (tertiary/aromatic N) is 3. The van der Waals surface area contributed by atoms with Gasteiger partial charge in [-0.05, 0) is 38.5 Å². The smallest absolute Gasteiger partial charge is 0.253 e. The molecule has 0 saturated heterocycles. The number of aromatic nitrogens is 1. The number of aliphatic imine (C=N–C) groups is 1. The van der Waals surface area contributed by atoms with E-state index in [0.29, 0.717) is 12.1 Å². The average molecular weight is 515 g/mol. The standard InChI is InChI=1S/C20H29N5OS.HI/c1-6-21-20(22-12-11-18-14(2)24-15(3)27-18)23-13-16-7-9-17(10-8-16)19(26)25(4)5;/h7-10H,6,11-13H2,1-5H3,(H2,21,22,23);1H. The summed E-state index contributed by atoms with van der Waals surface area (Å²) >= 11 is 1.75. The number of rotatable bonds is 7. The highest BCUT2D eigenvalue weighted by Crippen LogP contribution is 2.17. The first kappa shape index (κ1) is 24.4. The van der Waals surface area contributed by atoms with Crippen LogP contribution in [-0.2, 0) is 13.0 Å². The van der Waals surface area contributed by atoms with E-state index in [-0.39, 0.29) is 29.9 Å². The maximum absolute atomic E-state index is 11.9. The lowest BCUT2D eigenvalue weighted by Crippen LogP contribution is -2.38. The number of carbonyl (C=O) groups is 1. The molecule has 6 nitrogen and oxygen atoms in total. The van der Waals surface area contributed by atoms with Crippen molar-refractivity contribution in [3.05, 3.63) is 51.0 Å². The van der Waals surface area contributed by atoms with E-state index in [2.05, 4.69) is 34.5 Å². The van der Waals surface area contributed by atoms with E-state index in [1.54, 1.807) is 30.3 Å². The van der Waals surface area contributed by atoms with Crippen LogP contribution < -0.4 is 10.6 Å². The molecule has 0 radical (unpaired) electrons. The summed E-state index contributed by atoms with van der Waals surface area (Å²) < 4.78 is 0. The number of nitrogens with one attached hydrogen (secondary N) is 2. The Labute approximate surface area is 188 Å². The molecule has 0 aliphatic rings. The Morgan fingerprint density at radius 1 is 1.18 bits per heavy atom. The Bertz CT molecular complexity index is 786. The summed E-state index contributed by atoms with van der Waals surface area (Å²) in [5.41, 5.74) is 2.87. The van der Waals surface area contributed by atoms with Crippen LogP contribution in [0.1, 0.15) is 38.4 Å². The van der Waals surface area contributed by atoms with E-state index >= 15 is 0 Å². The number of thiazole rings is 1. The maximum atomic E-state index is 11.9. The molecule has 2 rings (SSSR count). The summed E-state index contributed by atoms with van der Waals surface area (Å²) in [5, 5.41) is 7.76. The number of amides is 1. The van der Waals surface area contributed by atoms with E-state index in [4.69, 9.17) is 0 Å². The molecule has 0 unspecified atom stereocenters. The van der Waals surface area contributed by atoms with Gasteiger partial charge in [0, 0.05) is 44.0 Å². The van der Waals surface area contributed by atoms with Crippen LogP contribution in [0, 0.1) is 13.8 Å². The van der Waals surface area contributed by atoms with Crippen LogP contribution >= 0.6 is 35.3 Å². The molecule has 0 spiro atoms. The van der Waals surface area contributed by atoms with Crippen molar-refractivity contribution in [2.75, 3.05) is 27.2 Å². The molecule has 0 bridgehead atoms. The fraction of sp³-hybridized carbons (Fsp3) is 0.450. The van der Waals surface area contributed by atoms with Crippen molar-refractivity contribution < 1.29 is 4.79 Å². The number of guanidine groups is 1. The van der Waals surface area contributed by atoms with E-state index in [9.17, 15) is 4.79 Å². The van der Waals surface area contributed by atoms with Gasteiger partial charge in [0.05, 0.1) is 17.2 Å². The minimum absolute atomic E-state index is 0. The zero-order chi connectivity index (χ0) is 19.8. The summed E-state index contributed by atoms with van der Waals surface area (Å²) in [4.78, 5) is 23.9. The molecule has 0 aliphatic carbocycles. The molecule has 1 aromatic heterocycles. The van der Waals surface area contributed by atoms with Crippen molar-refractivity contribution in [2.24, 2.45) is 4.99 Å². The third-order valence-electron chi connectivity index (χ3n) is 4.02. The van der Waals surface area contributed by atoms with Crippen molar-refractivity contribution in [2.45, 2.75) is 33.7 Å². The number of aryl methyl sites for hydroxylation is 2. The predicted octanol–water partition coefficient (Wildman–Crippen LogP) is 3.38. The fourth-order valence-corrected chi connectivity index (χ4v) is 3.56. The number of halogens is 1. The first-order chi connectivity index (χ1) is 12.9. The fourth-order valence-electron chi connectivity index (χ4n) is 2.62. The molecular formula is C20H30IN5OS. The Balaban J connectivity index is 0.00000392. The molecular weight excluding hydrogens is 485 g/mol. The molecule has 0 aliphatic heterocycles. The zero-order valence-corrected chi connectivity index (χ0v) is 20.4. The molecule has 1 amide bonds. The van der Waals surface area contributed by atoms with Gasteiger partial charge in [0.25, 0.3) is 5.91 Å². The number of hydrogen-bond acceptors (Lipinski definition) is 4. The normalized spacial score (nSPS) is 11.0. The lowest BCUT2D eigenvalue weighted by atomic mass is 10.1. The second kappa shape index (κ2) is 12.0. The molecule has 1 aromatic carbocycles. The van der Waals surface area contributed by atoms with Crippen molar-refractivity contribution in [1.29, 1.82) is 0 Å². The summed E-state index contributed by atoms with van der Waals surface area (Å²) in [6.45, 7) is 8.33. The predicted molar refractivity (Wildman–Crippen MR) is 128 cm³/mol. The first-order valence-electron chi connectivity index (χ1n) is 9.16. The summed E-state index contributed by atoms with van der Waals surface area (Å²) in [5.74, 6) is 0.804. The Kier molecular flexibility index (Phi) is 10.4. The van der Waals surface area contributed by atoms with Gasteiger partial charge in [-0.2, -0.15) is 0 Å². The SMILES string of the molecule is CCNC(=NCc1ccc(C(=O)N(C)C)cc1)NCCc1sc(C)nc1C.I. The Hall–Kier alpha value is -1.68. The maximum Gasteiger partial charge on any atom is 0.253 e. The number of benzene rings is 1. The van der Waals surface area contributed by atoms with Gasteiger partial charge in [-0.15, -0.1) is 35.3 Å². The van der Waals surface area contributed by atoms with E-state index in [1.807, 2.05) is 31.2 Å². The van der Waals surface area contributed by atoms with Crippen molar-refractivity contribution in [3.8, 4) is 0 Å². The topological polar surface area (TPSA) is 69.6 Å². The van der Waals surface area contributed by atoms with E-state index in [1.165, 1.54) is 4.88 Å². The molecule has 0 fully saturated rings. The highest BCUT2D eigenvalue weighted by atomic mass is 127. The highest BCUT2D eigenvalue weighted by molar-refractivity contribution is 14.0. The molecule has 154 valence electrons. The van der Waals surface area contributed by atoms with Crippen molar-refractivity contribution in [1.82, 2.24) is 20.5 Å². The molecule has 8 heteroatoms. The molecule has 1 heterocycles. The van der Waals surface area contributed by atoms with E-state index < -0.39 is 0 Å². The minimum atomic E-state index is 0. The minimum Gasteiger partial charge on any atom is -0.357 e. The van der Waals surface area contributed by atoms with Crippen LogP contribution in [0.4, 0.5) is 0 Å². The lowest BCUT2D eigenvalue weighted by molar-refractivity contribution is 0.0827. The third-order valence-corrected chi connectivity index (χ3v) is 5.15. The summed E-state index contributed by atoms with van der Waals surface area (Å²) in [6.07, 6.45) is 0.934. The molecule has 0 atom stereocenters. The second-order valence-electron chi connectivity index (χ2n) is 6.51. The summed E-state index contributed by atoms with van der Waals surface area (Å²) in [7, 11) is 3.51. The van der Waals surface area contributed by atoms with Gasteiger partial charge in [0.15, 0.2) is 5.96 Å². The largest absolute Gasteiger partial charge is 0.357 e. The van der Waals surface area contributed by atoms with Crippen LogP contribution in [0.25, 0.3) is 0 Å². The van der Waals surface area contributed by atoms with Crippen LogP contribution in [0.15, 0.2) is 29.3 Å². The van der Waals surface area contributed by atoms with E-state index in [0.717, 1.165) is 41.7 Å². The summed E-state index contributed by atoms with van der Waals surface area (Å²) in [6, 6.07) is 7.60. The zero-order valence-electron chi connectivity index (χ0n) is 17.2. The molecule has 28 heavy (non-hydrogen) atoms. The van der Waals surface area contributed by atoms with Gasteiger partial charge in [0.2, 0.25) is 0 Å². The van der Waals surface area contributed by atoms with Gasteiger partial charge in [-0.1, -0.05) is 12.1 Å². The van der Waals surface area contributed by atoms with Crippen molar-refractivity contribution >= 4 is 47.2 Å². The number of carbonyl (C=O) groups excluding carboxylic acids is 1. The molecule has 0 saturated carbocycles. The lowest BCUT2D eigenvalue weighted by Gasteiger charge is -2.12. The van der Waals surface area contributed by atoms with Crippen LogP contribution in [0.5, 0.6) is 0 Å². The van der Waals surface area contributed by atoms with Gasteiger partial charge < -0.3 is 15.5 Å². The average Bonchev–Trinajstić information content (AvgIpc) is 2.96. The van der Waals surface area contributed by atoms with Crippen LogP contribution in [-0.4, -0.2) is 48.9 Å². The van der Waals surface area contributed by atoms with Gasteiger partial charge in [-0.3, -0.25) is 4.79 Å². The Morgan fingerprint density at radius 3 is 2.39 bits per heavy atom. The molecule has 2 N–H and O–H groups in total. The third kappa shape index (κ3) is 7.38. The molecule has 2 aromatic rings.